The van der Waals surface area contributed by atoms with Gasteiger partial charge in [-0.3, -0.25) is 0 Å². The van der Waals surface area contributed by atoms with Crippen molar-refractivity contribution in [1.29, 1.82) is 0 Å². The highest BCUT2D eigenvalue weighted by Gasteiger charge is 2.04. The van der Waals surface area contributed by atoms with E-state index in [1.54, 1.807) is 18.2 Å². The smallest absolute Gasteiger partial charge is 0.186 e. The third-order valence-corrected chi connectivity index (χ3v) is 3.08. The number of hydrogen-bond donors (Lipinski definition) is 2. The first-order valence-corrected chi connectivity index (χ1v) is 5.36. The van der Waals surface area contributed by atoms with Crippen LogP contribution in [0.3, 0.4) is 0 Å². The fourth-order valence-electron chi connectivity index (χ4n) is 1.03. The number of nitrogen functional groups attached to an aromatic ring is 1. The van der Waals surface area contributed by atoms with Crippen LogP contribution in [0.4, 0.5) is 5.13 Å². The monoisotopic (exact) mass is 214 g/mol. The summed E-state index contributed by atoms with van der Waals surface area (Å²) in [6.07, 6.45) is 0. The molecule has 3 N–H and O–H groups in total. The number of nitrogens with zero attached hydrogens (tertiary/aromatic N) is 1. The molecule has 1 unspecified atom stereocenters. The number of anilines is 1. The Kier molecular flexibility index (Phi) is 2.03. The van der Waals surface area contributed by atoms with Crippen LogP contribution in [-0.4, -0.2) is 13.7 Å². The zero-order valence-electron chi connectivity index (χ0n) is 6.43. The zero-order valence-corrected chi connectivity index (χ0v) is 8.06. The third kappa shape index (κ3) is 1.55. The molecule has 0 aliphatic heterocycles. The number of aromatic nitrogens is 1. The molecule has 68 valence electrons. The second-order valence-electron chi connectivity index (χ2n) is 2.43. The summed E-state index contributed by atoms with van der Waals surface area (Å²) in [5, 5.41) is 0.468. The Morgan fingerprint density at radius 1 is 1.54 bits per heavy atom. The van der Waals surface area contributed by atoms with Gasteiger partial charge in [-0.05, 0) is 18.2 Å². The van der Waals surface area contributed by atoms with Gasteiger partial charge in [0, 0.05) is 0 Å². The van der Waals surface area contributed by atoms with Gasteiger partial charge in [0.1, 0.15) is 0 Å². The van der Waals surface area contributed by atoms with Gasteiger partial charge in [-0.25, -0.2) is 9.19 Å². The summed E-state index contributed by atoms with van der Waals surface area (Å²) in [6.45, 7) is 0. The van der Waals surface area contributed by atoms with Gasteiger partial charge >= 0.3 is 0 Å². The minimum absolute atomic E-state index is 0.371. The molecule has 1 aromatic carbocycles. The van der Waals surface area contributed by atoms with Gasteiger partial charge in [0.15, 0.2) is 16.2 Å². The van der Waals surface area contributed by atoms with Gasteiger partial charge in [0.25, 0.3) is 0 Å². The molecule has 0 radical (unpaired) electrons. The fraction of sp³-hybridized carbons (Fsp3) is 0. The molecule has 0 saturated heterocycles. The van der Waals surface area contributed by atoms with Crippen molar-refractivity contribution in [3.8, 4) is 0 Å². The maximum Gasteiger partial charge on any atom is 0.186 e. The summed E-state index contributed by atoms with van der Waals surface area (Å²) < 4.78 is 20.4. The first kappa shape index (κ1) is 8.61. The van der Waals surface area contributed by atoms with Crippen molar-refractivity contribution in [3.63, 3.8) is 0 Å². The van der Waals surface area contributed by atoms with Gasteiger partial charge in [0.2, 0.25) is 0 Å². The summed E-state index contributed by atoms with van der Waals surface area (Å²) >= 11 is -0.633. The van der Waals surface area contributed by atoms with E-state index in [0.29, 0.717) is 10.0 Å². The number of nitrogens with two attached hydrogens (primary N) is 1. The highest BCUT2D eigenvalue weighted by molar-refractivity contribution is 7.79. The van der Waals surface area contributed by atoms with Crippen LogP contribution in [0.1, 0.15) is 0 Å². The van der Waals surface area contributed by atoms with E-state index in [1.165, 1.54) is 11.3 Å². The fourth-order valence-corrected chi connectivity index (χ4v) is 2.28. The molecule has 0 fully saturated rings. The van der Waals surface area contributed by atoms with Crippen LogP contribution < -0.4 is 5.73 Å². The molecule has 1 atom stereocenters. The summed E-state index contributed by atoms with van der Waals surface area (Å²) in [6, 6.07) is 4.88. The Bertz CT molecular complexity index is 480. The van der Waals surface area contributed by atoms with Gasteiger partial charge in [-0.15, -0.1) is 0 Å². The molecule has 0 saturated carbocycles. The first-order chi connectivity index (χ1) is 6.16. The van der Waals surface area contributed by atoms with Crippen LogP contribution in [0, 0.1) is 0 Å². The van der Waals surface area contributed by atoms with E-state index in [1.807, 2.05) is 0 Å². The Morgan fingerprint density at radius 3 is 3.00 bits per heavy atom. The van der Waals surface area contributed by atoms with Crippen LogP contribution in [0.15, 0.2) is 23.1 Å². The predicted molar refractivity (Wildman–Crippen MR) is 53.1 cm³/mol. The number of benzene rings is 1. The van der Waals surface area contributed by atoms with Crippen molar-refractivity contribution in [2.45, 2.75) is 4.90 Å². The molecule has 0 aliphatic rings. The van der Waals surface area contributed by atoms with E-state index in [2.05, 4.69) is 4.98 Å². The molecule has 0 amide bonds. The maximum absolute atomic E-state index is 10.7. The van der Waals surface area contributed by atoms with Crippen molar-refractivity contribution in [3.05, 3.63) is 18.2 Å². The van der Waals surface area contributed by atoms with E-state index in [-0.39, 0.29) is 0 Å². The minimum Gasteiger partial charge on any atom is -0.375 e. The van der Waals surface area contributed by atoms with E-state index in [9.17, 15) is 4.21 Å². The van der Waals surface area contributed by atoms with Gasteiger partial charge in [0.05, 0.1) is 15.1 Å². The second-order valence-corrected chi connectivity index (χ2v) is 4.46. The third-order valence-electron chi connectivity index (χ3n) is 1.58. The number of rotatable bonds is 1. The average Bonchev–Trinajstić information content (AvgIpc) is 2.42. The highest BCUT2D eigenvalue weighted by atomic mass is 32.2. The molecule has 2 aromatic rings. The van der Waals surface area contributed by atoms with Gasteiger partial charge < -0.3 is 10.3 Å². The Hall–Kier alpha value is -0.980. The lowest BCUT2D eigenvalue weighted by molar-refractivity contribution is 0.564. The van der Waals surface area contributed by atoms with Crippen molar-refractivity contribution < 1.29 is 8.76 Å². The molecule has 1 aromatic heterocycles. The average molecular weight is 214 g/mol. The Balaban J connectivity index is 2.67. The lowest BCUT2D eigenvalue weighted by atomic mass is 10.3. The van der Waals surface area contributed by atoms with E-state index < -0.39 is 11.1 Å². The maximum atomic E-state index is 10.7. The minimum atomic E-state index is -1.94. The molecule has 0 spiro atoms. The predicted octanol–water partition coefficient (Wildman–Crippen LogP) is 1.46. The summed E-state index contributed by atoms with van der Waals surface area (Å²) in [7, 11) is 0. The molecule has 0 bridgehead atoms. The van der Waals surface area contributed by atoms with Crippen LogP contribution in [0.25, 0.3) is 10.2 Å². The number of fused-ring (bicyclic) bond motifs is 1. The van der Waals surface area contributed by atoms with Gasteiger partial charge in [-0.1, -0.05) is 11.3 Å². The summed E-state index contributed by atoms with van der Waals surface area (Å²) in [5.74, 6) is 0. The van der Waals surface area contributed by atoms with Crippen molar-refractivity contribution in [1.82, 2.24) is 4.98 Å². The number of thiazole rings is 1. The molecular weight excluding hydrogens is 208 g/mol. The Labute approximate surface area is 80.7 Å². The molecule has 4 nitrogen and oxygen atoms in total. The molecule has 6 heteroatoms. The lowest BCUT2D eigenvalue weighted by Crippen LogP contribution is -1.86. The topological polar surface area (TPSA) is 76.2 Å². The SMILES string of the molecule is Nc1nc2ccc(S(=O)O)cc2s1. The number of hydrogen-bond acceptors (Lipinski definition) is 4. The normalized spacial score (nSPS) is 13.3. The van der Waals surface area contributed by atoms with E-state index in [0.717, 1.165) is 10.2 Å². The van der Waals surface area contributed by atoms with Gasteiger partial charge in [-0.2, -0.15) is 0 Å². The molecule has 2 rings (SSSR count). The molecule has 13 heavy (non-hydrogen) atoms. The molecular formula is C7H6N2O2S2. The summed E-state index contributed by atoms with van der Waals surface area (Å²) in [4.78, 5) is 4.40. The quantitative estimate of drug-likeness (QED) is 0.704. The van der Waals surface area contributed by atoms with Crippen molar-refractivity contribution in [2.75, 3.05) is 5.73 Å². The van der Waals surface area contributed by atoms with Crippen LogP contribution >= 0.6 is 11.3 Å². The van der Waals surface area contributed by atoms with Crippen LogP contribution in [-0.2, 0) is 11.1 Å². The lowest BCUT2D eigenvalue weighted by Gasteiger charge is -1.92. The standard InChI is InChI=1S/C7H6N2O2S2/c8-7-9-5-2-1-4(13(10)11)3-6(5)12-7/h1-3H,(H2,8,9)(H,10,11). The second kappa shape index (κ2) is 3.06. The van der Waals surface area contributed by atoms with Crippen LogP contribution in [0.2, 0.25) is 0 Å². The first-order valence-electron chi connectivity index (χ1n) is 3.44. The molecule has 1 heterocycles. The van der Waals surface area contributed by atoms with E-state index >= 15 is 0 Å². The van der Waals surface area contributed by atoms with E-state index in [4.69, 9.17) is 10.3 Å². The van der Waals surface area contributed by atoms with Crippen molar-refractivity contribution in [2.24, 2.45) is 0 Å². The zero-order chi connectivity index (χ0) is 9.42. The van der Waals surface area contributed by atoms with Crippen LogP contribution in [0.5, 0.6) is 0 Å². The summed E-state index contributed by atoms with van der Waals surface area (Å²) in [5.41, 5.74) is 6.25. The van der Waals surface area contributed by atoms with Crippen molar-refractivity contribution >= 4 is 37.8 Å². The highest BCUT2D eigenvalue weighted by Crippen LogP contribution is 2.25. The Morgan fingerprint density at radius 2 is 2.31 bits per heavy atom. The molecule has 0 aliphatic carbocycles. The largest absolute Gasteiger partial charge is 0.375 e.